The summed E-state index contributed by atoms with van der Waals surface area (Å²) in [7, 11) is 0. The van der Waals surface area contributed by atoms with E-state index in [1.165, 1.54) is 6.92 Å². The molecule has 2 aliphatic rings. The third-order valence-electron chi connectivity index (χ3n) is 3.74. The van der Waals surface area contributed by atoms with Crippen molar-refractivity contribution >= 4 is 17.8 Å². The number of carbonyl (C=O) groups is 2. The van der Waals surface area contributed by atoms with Gasteiger partial charge in [-0.15, -0.1) is 0 Å². The fourth-order valence-electron chi connectivity index (χ4n) is 2.66. The SMILES string of the molecule is CC(=O)N=C1N(CC(C)(C)C(=O)O)CC2CNCCN12. The van der Waals surface area contributed by atoms with Crippen LogP contribution in [-0.4, -0.2) is 71.5 Å². The number of carbonyl (C=O) groups excluding carboxylic acids is 1. The highest BCUT2D eigenvalue weighted by atomic mass is 16.4. The first-order valence-electron chi connectivity index (χ1n) is 6.86. The number of amides is 1. The van der Waals surface area contributed by atoms with Crippen molar-refractivity contribution in [3.05, 3.63) is 0 Å². The minimum atomic E-state index is -0.875. The lowest BCUT2D eigenvalue weighted by Gasteiger charge is -2.31. The van der Waals surface area contributed by atoms with E-state index in [4.69, 9.17) is 0 Å². The van der Waals surface area contributed by atoms with Crippen LogP contribution in [0.2, 0.25) is 0 Å². The minimum Gasteiger partial charge on any atom is -0.481 e. The Morgan fingerprint density at radius 3 is 2.80 bits per heavy atom. The van der Waals surface area contributed by atoms with Crippen LogP contribution in [0.3, 0.4) is 0 Å². The summed E-state index contributed by atoms with van der Waals surface area (Å²) in [5.41, 5.74) is -0.875. The van der Waals surface area contributed by atoms with Gasteiger partial charge in [0.1, 0.15) is 0 Å². The van der Waals surface area contributed by atoms with E-state index in [1.54, 1.807) is 13.8 Å². The summed E-state index contributed by atoms with van der Waals surface area (Å²) in [6.45, 7) is 8.33. The molecule has 0 aromatic heterocycles. The molecule has 0 saturated carbocycles. The molecule has 20 heavy (non-hydrogen) atoms. The Balaban J connectivity index is 2.22. The fraction of sp³-hybridized carbons (Fsp3) is 0.769. The van der Waals surface area contributed by atoms with E-state index in [0.29, 0.717) is 19.0 Å². The molecule has 2 rings (SSSR count). The smallest absolute Gasteiger partial charge is 0.310 e. The second-order valence-corrected chi connectivity index (χ2v) is 6.05. The largest absolute Gasteiger partial charge is 0.481 e. The first-order chi connectivity index (χ1) is 9.31. The van der Waals surface area contributed by atoms with Gasteiger partial charge in [-0.3, -0.25) is 9.59 Å². The molecule has 0 radical (unpaired) electrons. The van der Waals surface area contributed by atoms with Gasteiger partial charge >= 0.3 is 5.97 Å². The first-order valence-corrected chi connectivity index (χ1v) is 6.86. The van der Waals surface area contributed by atoms with E-state index in [9.17, 15) is 14.7 Å². The number of carboxylic acid groups (broad SMARTS) is 1. The normalized spacial score (nSPS) is 24.9. The minimum absolute atomic E-state index is 0.252. The topological polar surface area (TPSA) is 85.2 Å². The fourth-order valence-corrected chi connectivity index (χ4v) is 2.66. The van der Waals surface area contributed by atoms with Crippen LogP contribution in [0.5, 0.6) is 0 Å². The Kier molecular flexibility index (Phi) is 3.99. The Labute approximate surface area is 118 Å². The molecule has 7 heteroatoms. The van der Waals surface area contributed by atoms with Crippen molar-refractivity contribution in [1.29, 1.82) is 0 Å². The zero-order valence-electron chi connectivity index (χ0n) is 12.2. The number of hydrogen-bond donors (Lipinski definition) is 2. The van der Waals surface area contributed by atoms with Crippen molar-refractivity contribution in [2.45, 2.75) is 26.8 Å². The number of nitrogens with one attached hydrogen (secondary N) is 1. The van der Waals surface area contributed by atoms with Crippen molar-refractivity contribution in [3.8, 4) is 0 Å². The predicted octanol–water partition coefficient (Wildman–Crippen LogP) is -0.411. The van der Waals surface area contributed by atoms with E-state index < -0.39 is 11.4 Å². The van der Waals surface area contributed by atoms with Gasteiger partial charge in [0.15, 0.2) is 0 Å². The lowest BCUT2D eigenvalue weighted by molar-refractivity contribution is -0.147. The van der Waals surface area contributed by atoms with Gasteiger partial charge in [0.05, 0.1) is 11.5 Å². The standard InChI is InChI=1S/C13H22N4O3/c1-9(18)15-12-16(8-13(2,3)11(19)20)7-10-6-14-4-5-17(10)12/h10,14H,4-8H2,1-3H3,(H,19,20). The van der Waals surface area contributed by atoms with E-state index in [1.807, 2.05) is 4.90 Å². The maximum atomic E-state index is 11.3. The third kappa shape index (κ3) is 2.92. The van der Waals surface area contributed by atoms with Gasteiger partial charge < -0.3 is 20.2 Å². The third-order valence-corrected chi connectivity index (χ3v) is 3.74. The quantitative estimate of drug-likeness (QED) is 0.732. The van der Waals surface area contributed by atoms with Crippen molar-refractivity contribution in [2.75, 3.05) is 32.7 Å². The zero-order chi connectivity index (χ0) is 14.9. The highest BCUT2D eigenvalue weighted by Crippen LogP contribution is 2.24. The van der Waals surface area contributed by atoms with Gasteiger partial charge in [-0.05, 0) is 13.8 Å². The van der Waals surface area contributed by atoms with Crippen molar-refractivity contribution < 1.29 is 14.7 Å². The summed E-state index contributed by atoms with van der Waals surface area (Å²) >= 11 is 0. The van der Waals surface area contributed by atoms with E-state index >= 15 is 0 Å². The number of fused-ring (bicyclic) bond motifs is 1. The Hall–Kier alpha value is -1.63. The predicted molar refractivity (Wildman–Crippen MR) is 74.5 cm³/mol. The molecular formula is C13H22N4O3. The van der Waals surface area contributed by atoms with Crippen LogP contribution in [-0.2, 0) is 9.59 Å². The lowest BCUT2D eigenvalue weighted by Crippen LogP contribution is -2.50. The Morgan fingerprint density at radius 1 is 1.50 bits per heavy atom. The Morgan fingerprint density at radius 2 is 2.20 bits per heavy atom. The summed E-state index contributed by atoms with van der Waals surface area (Å²) in [5, 5.41) is 12.6. The van der Waals surface area contributed by atoms with Crippen LogP contribution < -0.4 is 5.32 Å². The highest BCUT2D eigenvalue weighted by Gasteiger charge is 2.41. The monoisotopic (exact) mass is 282 g/mol. The molecule has 0 aliphatic carbocycles. The average molecular weight is 282 g/mol. The number of piperazine rings is 1. The zero-order valence-corrected chi connectivity index (χ0v) is 12.2. The number of nitrogens with zero attached hydrogens (tertiary/aromatic N) is 3. The van der Waals surface area contributed by atoms with Crippen LogP contribution in [0.15, 0.2) is 4.99 Å². The number of hydrogen-bond acceptors (Lipinski definition) is 3. The van der Waals surface area contributed by atoms with Crippen LogP contribution in [0.4, 0.5) is 0 Å². The van der Waals surface area contributed by atoms with Crippen molar-refractivity contribution in [3.63, 3.8) is 0 Å². The molecule has 0 bridgehead atoms. The average Bonchev–Trinajstić information content (AvgIpc) is 2.66. The van der Waals surface area contributed by atoms with Gasteiger partial charge in [-0.2, -0.15) is 4.99 Å². The number of aliphatic carboxylic acids is 1. The first kappa shape index (κ1) is 14.8. The van der Waals surface area contributed by atoms with E-state index in [0.717, 1.165) is 19.6 Å². The van der Waals surface area contributed by atoms with Gasteiger partial charge in [0.2, 0.25) is 11.9 Å². The van der Waals surface area contributed by atoms with E-state index in [2.05, 4.69) is 15.2 Å². The molecular weight excluding hydrogens is 260 g/mol. The van der Waals surface area contributed by atoms with Crippen LogP contribution in [0.1, 0.15) is 20.8 Å². The van der Waals surface area contributed by atoms with Crippen molar-refractivity contribution in [1.82, 2.24) is 15.1 Å². The molecule has 0 aromatic carbocycles. The van der Waals surface area contributed by atoms with Crippen LogP contribution >= 0.6 is 0 Å². The summed E-state index contributed by atoms with van der Waals surface area (Å²) in [4.78, 5) is 30.8. The van der Waals surface area contributed by atoms with Gasteiger partial charge in [0.25, 0.3) is 0 Å². The molecule has 2 fully saturated rings. The Bertz CT molecular complexity index is 447. The summed E-state index contributed by atoms with van der Waals surface area (Å²) < 4.78 is 0. The molecule has 0 spiro atoms. The molecule has 1 atom stereocenters. The van der Waals surface area contributed by atoms with Crippen LogP contribution in [0, 0.1) is 5.41 Å². The number of rotatable bonds is 3. The highest BCUT2D eigenvalue weighted by molar-refractivity contribution is 5.94. The molecule has 0 aromatic rings. The van der Waals surface area contributed by atoms with Gasteiger partial charge in [-0.25, -0.2) is 0 Å². The maximum Gasteiger partial charge on any atom is 0.310 e. The molecule has 7 nitrogen and oxygen atoms in total. The number of aliphatic imine (C=N–C) groups is 1. The van der Waals surface area contributed by atoms with Crippen LogP contribution in [0.25, 0.3) is 0 Å². The second-order valence-electron chi connectivity index (χ2n) is 6.05. The summed E-state index contributed by atoms with van der Waals surface area (Å²) in [6, 6.07) is 0.256. The summed E-state index contributed by atoms with van der Waals surface area (Å²) in [5.74, 6) is -0.474. The molecule has 2 N–H and O–H groups in total. The van der Waals surface area contributed by atoms with Crippen molar-refractivity contribution in [2.24, 2.45) is 10.4 Å². The molecule has 2 saturated heterocycles. The van der Waals surface area contributed by atoms with Gasteiger partial charge in [-0.1, -0.05) is 0 Å². The molecule has 112 valence electrons. The second kappa shape index (κ2) is 5.40. The number of guanidine groups is 1. The number of carboxylic acids is 1. The van der Waals surface area contributed by atoms with E-state index in [-0.39, 0.29) is 11.9 Å². The van der Waals surface area contributed by atoms with Gasteiger partial charge in [0, 0.05) is 39.6 Å². The lowest BCUT2D eigenvalue weighted by atomic mass is 9.93. The summed E-state index contributed by atoms with van der Waals surface area (Å²) in [6.07, 6.45) is 0. The molecule has 2 aliphatic heterocycles. The molecule has 1 unspecified atom stereocenters. The molecule has 2 heterocycles. The molecule has 1 amide bonds. The maximum absolute atomic E-state index is 11.3.